The fraction of sp³-hybridized carbons (Fsp3) is 0.381. The van der Waals surface area contributed by atoms with Gasteiger partial charge in [0.15, 0.2) is 17.6 Å². The summed E-state index contributed by atoms with van der Waals surface area (Å²) in [6, 6.07) is 8.76. The van der Waals surface area contributed by atoms with E-state index in [1.54, 1.807) is 33.2 Å². The number of hydrogen-bond donors (Lipinski definition) is 1. The van der Waals surface area contributed by atoms with E-state index in [1.165, 1.54) is 11.0 Å². The number of carbonyl (C=O) groups excluding carboxylic acids is 1. The maximum atomic E-state index is 13.7. The molecule has 152 valence electrons. The summed E-state index contributed by atoms with van der Waals surface area (Å²) in [5.74, 6) is -0.0705. The molecule has 0 fully saturated rings. The van der Waals surface area contributed by atoms with Gasteiger partial charge < -0.3 is 19.7 Å². The van der Waals surface area contributed by atoms with Gasteiger partial charge in [-0.05, 0) is 49.7 Å². The van der Waals surface area contributed by atoms with Crippen molar-refractivity contribution in [3.63, 3.8) is 0 Å². The molecule has 0 saturated carbocycles. The predicted molar refractivity (Wildman–Crippen MR) is 103 cm³/mol. The van der Waals surface area contributed by atoms with Gasteiger partial charge in [0.1, 0.15) is 11.6 Å². The van der Waals surface area contributed by atoms with E-state index in [-0.39, 0.29) is 18.0 Å². The van der Waals surface area contributed by atoms with Gasteiger partial charge in [0.2, 0.25) is 0 Å². The van der Waals surface area contributed by atoms with E-state index in [4.69, 9.17) is 9.47 Å². The van der Waals surface area contributed by atoms with Crippen LogP contribution in [-0.4, -0.2) is 37.6 Å². The van der Waals surface area contributed by atoms with E-state index in [0.717, 1.165) is 17.7 Å². The Morgan fingerprint density at radius 2 is 1.86 bits per heavy atom. The maximum Gasteiger partial charge on any atom is 0.262 e. The molecule has 0 aliphatic rings. The van der Waals surface area contributed by atoms with Crippen LogP contribution in [-0.2, 0) is 17.9 Å². The van der Waals surface area contributed by atoms with Crippen molar-refractivity contribution in [2.45, 2.75) is 33.0 Å². The first-order valence-corrected chi connectivity index (χ1v) is 9.10. The second-order valence-electron chi connectivity index (χ2n) is 6.55. The number of benzene rings is 2. The molecule has 1 atom stereocenters. The maximum absolute atomic E-state index is 13.7. The highest BCUT2D eigenvalue weighted by atomic mass is 19.1. The average Bonchev–Trinajstić information content (AvgIpc) is 2.65. The Morgan fingerprint density at radius 3 is 2.54 bits per heavy atom. The molecule has 2 rings (SSSR count). The second kappa shape index (κ2) is 10.0. The van der Waals surface area contributed by atoms with E-state index in [0.29, 0.717) is 24.7 Å². The average molecular weight is 392 g/mol. The minimum absolute atomic E-state index is 0.148. The minimum Gasteiger partial charge on any atom is -0.490 e. The highest BCUT2D eigenvalue weighted by Crippen LogP contribution is 2.29. The molecule has 0 aromatic heterocycles. The van der Waals surface area contributed by atoms with Gasteiger partial charge in [-0.1, -0.05) is 6.07 Å². The molecule has 0 radical (unpaired) electrons. The van der Waals surface area contributed by atoms with Crippen molar-refractivity contribution in [2.75, 3.05) is 20.7 Å². The first-order valence-electron chi connectivity index (χ1n) is 9.10. The standard InChI is InChI=1S/C21H26F2N2O3/c1-5-27-20-10-15(6-9-19(20)28-14(2)21(26)25(3)4)12-24-13-16-11-17(22)7-8-18(16)23/h6-11,14,24H,5,12-13H2,1-4H3. The zero-order chi connectivity index (χ0) is 20.7. The predicted octanol–water partition coefficient (Wildman–Crippen LogP) is 3.51. The van der Waals surface area contributed by atoms with Gasteiger partial charge in [0.05, 0.1) is 6.61 Å². The Hall–Kier alpha value is -2.67. The SMILES string of the molecule is CCOc1cc(CNCc2cc(F)ccc2F)ccc1OC(C)C(=O)N(C)C. The quantitative estimate of drug-likeness (QED) is 0.710. The summed E-state index contributed by atoms with van der Waals surface area (Å²) in [6.07, 6.45) is -0.644. The summed E-state index contributed by atoms with van der Waals surface area (Å²) in [6.45, 7) is 4.61. The number of amides is 1. The van der Waals surface area contributed by atoms with E-state index in [2.05, 4.69) is 5.32 Å². The molecule has 1 N–H and O–H groups in total. The minimum atomic E-state index is -0.644. The van der Waals surface area contributed by atoms with E-state index in [9.17, 15) is 13.6 Å². The topological polar surface area (TPSA) is 50.8 Å². The van der Waals surface area contributed by atoms with Crippen molar-refractivity contribution in [3.05, 3.63) is 59.2 Å². The molecule has 0 aliphatic heterocycles. The number of nitrogens with zero attached hydrogens (tertiary/aromatic N) is 1. The van der Waals surface area contributed by atoms with Crippen molar-refractivity contribution >= 4 is 5.91 Å². The van der Waals surface area contributed by atoms with Crippen LogP contribution < -0.4 is 14.8 Å². The lowest BCUT2D eigenvalue weighted by molar-refractivity contribution is -0.135. The largest absolute Gasteiger partial charge is 0.490 e. The molecule has 0 saturated heterocycles. The summed E-state index contributed by atoms with van der Waals surface area (Å²) < 4.78 is 38.3. The number of carbonyl (C=O) groups is 1. The van der Waals surface area contributed by atoms with Crippen molar-refractivity contribution < 1.29 is 23.0 Å². The van der Waals surface area contributed by atoms with Crippen molar-refractivity contribution in [1.29, 1.82) is 0 Å². The smallest absolute Gasteiger partial charge is 0.262 e. The summed E-state index contributed by atoms with van der Waals surface area (Å²) in [7, 11) is 3.34. The zero-order valence-corrected chi connectivity index (χ0v) is 16.6. The molecule has 2 aromatic carbocycles. The van der Waals surface area contributed by atoms with Crippen molar-refractivity contribution in [1.82, 2.24) is 10.2 Å². The van der Waals surface area contributed by atoms with E-state index >= 15 is 0 Å². The summed E-state index contributed by atoms with van der Waals surface area (Å²) in [5, 5.41) is 3.08. The van der Waals surface area contributed by atoms with Crippen LogP contribution in [0.5, 0.6) is 11.5 Å². The van der Waals surface area contributed by atoms with Crippen molar-refractivity contribution in [3.8, 4) is 11.5 Å². The van der Waals surface area contributed by atoms with Crippen LogP contribution in [0.1, 0.15) is 25.0 Å². The molecular weight excluding hydrogens is 366 g/mol. The monoisotopic (exact) mass is 392 g/mol. The van der Waals surface area contributed by atoms with Crippen LogP contribution >= 0.6 is 0 Å². The number of likely N-dealkylation sites (N-methyl/N-ethyl adjacent to an activating group) is 1. The van der Waals surface area contributed by atoms with Gasteiger partial charge in [0, 0.05) is 32.7 Å². The third-order valence-electron chi connectivity index (χ3n) is 4.05. The Morgan fingerprint density at radius 1 is 1.11 bits per heavy atom. The van der Waals surface area contributed by atoms with Gasteiger partial charge in [-0.3, -0.25) is 4.79 Å². The Bertz CT molecular complexity index is 812. The third kappa shape index (κ3) is 5.92. The number of halogens is 2. The lowest BCUT2D eigenvalue weighted by atomic mass is 10.1. The van der Waals surface area contributed by atoms with Gasteiger partial charge in [-0.25, -0.2) is 8.78 Å². The highest BCUT2D eigenvalue weighted by Gasteiger charge is 2.18. The molecule has 0 bridgehead atoms. The first-order chi connectivity index (χ1) is 13.3. The Balaban J connectivity index is 2.04. The molecule has 0 aliphatic carbocycles. The summed E-state index contributed by atoms with van der Waals surface area (Å²) in [4.78, 5) is 13.5. The fourth-order valence-electron chi connectivity index (χ4n) is 2.65. The normalized spacial score (nSPS) is 11.8. The zero-order valence-electron chi connectivity index (χ0n) is 16.6. The van der Waals surface area contributed by atoms with Crippen LogP contribution in [0.2, 0.25) is 0 Å². The number of nitrogens with one attached hydrogen (secondary N) is 1. The lowest BCUT2D eigenvalue weighted by Gasteiger charge is -2.20. The van der Waals surface area contributed by atoms with E-state index < -0.39 is 17.7 Å². The van der Waals surface area contributed by atoms with Crippen LogP contribution in [0.15, 0.2) is 36.4 Å². The lowest BCUT2D eigenvalue weighted by Crippen LogP contribution is -2.35. The van der Waals surface area contributed by atoms with Crippen LogP contribution in [0.25, 0.3) is 0 Å². The Labute approximate surface area is 164 Å². The molecule has 0 spiro atoms. The first kappa shape index (κ1) is 21.6. The molecule has 7 heteroatoms. The number of hydrogen-bond acceptors (Lipinski definition) is 4. The van der Waals surface area contributed by atoms with E-state index in [1.807, 2.05) is 13.0 Å². The van der Waals surface area contributed by atoms with Gasteiger partial charge >= 0.3 is 0 Å². The summed E-state index contributed by atoms with van der Waals surface area (Å²) >= 11 is 0. The second-order valence-corrected chi connectivity index (χ2v) is 6.55. The molecule has 5 nitrogen and oxygen atoms in total. The fourth-order valence-corrected chi connectivity index (χ4v) is 2.65. The van der Waals surface area contributed by atoms with Crippen molar-refractivity contribution in [2.24, 2.45) is 0 Å². The third-order valence-corrected chi connectivity index (χ3v) is 4.05. The van der Waals surface area contributed by atoms with Gasteiger partial charge in [-0.2, -0.15) is 0 Å². The van der Waals surface area contributed by atoms with Gasteiger partial charge in [0.25, 0.3) is 5.91 Å². The molecule has 0 heterocycles. The number of rotatable bonds is 9. The molecular formula is C21H26F2N2O3. The highest BCUT2D eigenvalue weighted by molar-refractivity contribution is 5.80. The van der Waals surface area contributed by atoms with Gasteiger partial charge in [-0.15, -0.1) is 0 Å². The van der Waals surface area contributed by atoms with Crippen LogP contribution in [0, 0.1) is 11.6 Å². The Kier molecular flexibility index (Phi) is 7.75. The molecule has 1 unspecified atom stereocenters. The summed E-state index contributed by atoms with van der Waals surface area (Å²) in [5.41, 5.74) is 1.15. The molecule has 2 aromatic rings. The van der Waals surface area contributed by atoms with Crippen LogP contribution in [0.3, 0.4) is 0 Å². The molecule has 28 heavy (non-hydrogen) atoms. The molecule has 1 amide bonds. The number of ether oxygens (including phenoxy) is 2. The van der Waals surface area contributed by atoms with Crippen LogP contribution in [0.4, 0.5) is 8.78 Å².